The van der Waals surface area contributed by atoms with E-state index in [1.807, 2.05) is 32.0 Å². The Kier molecular flexibility index (Phi) is 5.71. The van der Waals surface area contributed by atoms with Crippen LogP contribution >= 0.6 is 11.6 Å². The Morgan fingerprint density at radius 1 is 1.26 bits per heavy atom. The van der Waals surface area contributed by atoms with Crippen molar-refractivity contribution in [2.45, 2.75) is 32.7 Å². The molecule has 1 fully saturated rings. The molecule has 27 heavy (non-hydrogen) atoms. The molecule has 1 N–H and O–H groups in total. The van der Waals surface area contributed by atoms with Crippen LogP contribution in [0.1, 0.15) is 47.3 Å². The molecule has 1 heterocycles. The first kappa shape index (κ1) is 19.2. The van der Waals surface area contributed by atoms with E-state index in [9.17, 15) is 9.59 Å². The summed E-state index contributed by atoms with van der Waals surface area (Å²) >= 11 is 6.26. The van der Waals surface area contributed by atoms with Gasteiger partial charge in [-0.3, -0.25) is 9.59 Å². The molecule has 0 spiro atoms. The highest BCUT2D eigenvalue weighted by atomic mass is 35.5. The van der Waals surface area contributed by atoms with Gasteiger partial charge in [-0.25, -0.2) is 0 Å². The Hall–Kier alpha value is -2.53. The summed E-state index contributed by atoms with van der Waals surface area (Å²) in [7, 11) is 1.61. The van der Waals surface area contributed by atoms with Crippen LogP contribution in [0.2, 0.25) is 5.02 Å². The molecule has 1 aliphatic rings. The molecule has 2 amide bonds. The van der Waals surface area contributed by atoms with Crippen LogP contribution in [0.25, 0.3) is 0 Å². The summed E-state index contributed by atoms with van der Waals surface area (Å²) in [6.45, 7) is 4.53. The number of ether oxygens (including phenoxy) is 1. The highest BCUT2D eigenvalue weighted by Gasteiger charge is 2.25. The average molecular weight is 387 g/mol. The maximum Gasteiger partial charge on any atom is 0.251 e. The SMILES string of the molecule is COc1ccc(C)cc1[C@@H](C)NC(=O)c1ccc(Cl)c(N2CCCC2=O)c1. The van der Waals surface area contributed by atoms with Crippen LogP contribution in [0.5, 0.6) is 5.75 Å². The summed E-state index contributed by atoms with van der Waals surface area (Å²) in [6, 6.07) is 10.6. The Labute approximate surface area is 164 Å². The molecule has 1 aliphatic heterocycles. The molecule has 3 rings (SSSR count). The minimum Gasteiger partial charge on any atom is -0.496 e. The molecule has 0 saturated carbocycles. The van der Waals surface area contributed by atoms with Crippen molar-refractivity contribution < 1.29 is 14.3 Å². The predicted molar refractivity (Wildman–Crippen MR) is 107 cm³/mol. The van der Waals surface area contributed by atoms with Gasteiger partial charge in [-0.05, 0) is 44.5 Å². The third-order valence-electron chi connectivity index (χ3n) is 4.77. The van der Waals surface area contributed by atoms with Gasteiger partial charge in [-0.15, -0.1) is 0 Å². The summed E-state index contributed by atoms with van der Waals surface area (Å²) in [5.41, 5.74) is 3.06. The molecule has 1 saturated heterocycles. The molecule has 0 radical (unpaired) electrons. The number of carbonyl (C=O) groups is 2. The molecule has 5 nitrogen and oxygen atoms in total. The number of anilines is 1. The van der Waals surface area contributed by atoms with Crippen molar-refractivity contribution in [1.82, 2.24) is 5.32 Å². The number of hydrogen-bond donors (Lipinski definition) is 1. The largest absolute Gasteiger partial charge is 0.496 e. The van der Waals surface area contributed by atoms with Gasteiger partial charge in [0.2, 0.25) is 5.91 Å². The summed E-state index contributed by atoms with van der Waals surface area (Å²) in [4.78, 5) is 26.4. The van der Waals surface area contributed by atoms with Gasteiger partial charge in [-0.2, -0.15) is 0 Å². The molecule has 0 aromatic heterocycles. The number of aryl methyl sites for hydroxylation is 1. The van der Waals surface area contributed by atoms with Crippen molar-refractivity contribution in [2.24, 2.45) is 0 Å². The number of halogens is 1. The van der Waals surface area contributed by atoms with Crippen molar-refractivity contribution in [3.63, 3.8) is 0 Å². The monoisotopic (exact) mass is 386 g/mol. The number of carbonyl (C=O) groups excluding carboxylic acids is 2. The van der Waals surface area contributed by atoms with E-state index in [-0.39, 0.29) is 17.9 Å². The predicted octanol–water partition coefficient (Wildman–Crippen LogP) is 4.27. The van der Waals surface area contributed by atoms with Crippen LogP contribution in [0.15, 0.2) is 36.4 Å². The standard InChI is InChI=1S/C21H23ClN2O3/c1-13-6-9-19(27-3)16(11-13)14(2)23-21(26)15-7-8-17(22)18(12-15)24-10-4-5-20(24)25/h6-9,11-12,14H,4-5,10H2,1-3H3,(H,23,26)/t14-/m1/s1. The van der Waals surface area contributed by atoms with E-state index in [1.54, 1.807) is 30.2 Å². The third-order valence-corrected chi connectivity index (χ3v) is 5.09. The van der Waals surface area contributed by atoms with Crippen molar-refractivity contribution >= 4 is 29.1 Å². The first-order valence-corrected chi connectivity index (χ1v) is 9.34. The van der Waals surface area contributed by atoms with Gasteiger partial charge >= 0.3 is 0 Å². The van der Waals surface area contributed by atoms with E-state index >= 15 is 0 Å². The van der Waals surface area contributed by atoms with Crippen LogP contribution in [-0.4, -0.2) is 25.5 Å². The smallest absolute Gasteiger partial charge is 0.251 e. The van der Waals surface area contributed by atoms with Crippen molar-refractivity contribution in [3.05, 3.63) is 58.1 Å². The summed E-state index contributed by atoms with van der Waals surface area (Å²) in [5.74, 6) is 0.538. The van der Waals surface area contributed by atoms with Gasteiger partial charge in [0.25, 0.3) is 5.91 Å². The molecular weight excluding hydrogens is 364 g/mol. The van der Waals surface area contributed by atoms with Gasteiger partial charge in [0.15, 0.2) is 0 Å². The van der Waals surface area contributed by atoms with E-state index in [0.29, 0.717) is 29.2 Å². The van der Waals surface area contributed by atoms with Gasteiger partial charge < -0.3 is 15.0 Å². The first-order chi connectivity index (χ1) is 12.9. The van der Waals surface area contributed by atoms with Crippen molar-refractivity contribution in [2.75, 3.05) is 18.6 Å². The third kappa shape index (κ3) is 4.08. The number of benzene rings is 2. The lowest BCUT2D eigenvalue weighted by molar-refractivity contribution is -0.117. The molecule has 2 aromatic rings. The lowest BCUT2D eigenvalue weighted by Crippen LogP contribution is -2.28. The highest BCUT2D eigenvalue weighted by Crippen LogP contribution is 2.31. The molecule has 0 bridgehead atoms. The van der Waals surface area contributed by atoms with Crippen LogP contribution in [0, 0.1) is 6.92 Å². The minimum absolute atomic E-state index is 0.0346. The molecule has 6 heteroatoms. The summed E-state index contributed by atoms with van der Waals surface area (Å²) in [5, 5.41) is 3.47. The van der Waals surface area contributed by atoms with Crippen LogP contribution < -0.4 is 15.0 Å². The molecule has 2 aromatic carbocycles. The van der Waals surface area contributed by atoms with Crippen LogP contribution in [0.4, 0.5) is 5.69 Å². The Balaban J connectivity index is 1.82. The van der Waals surface area contributed by atoms with Gasteiger partial charge in [0, 0.05) is 24.1 Å². The number of nitrogens with one attached hydrogen (secondary N) is 1. The maximum atomic E-state index is 12.8. The second kappa shape index (κ2) is 8.01. The topological polar surface area (TPSA) is 58.6 Å². The highest BCUT2D eigenvalue weighted by molar-refractivity contribution is 6.34. The van der Waals surface area contributed by atoms with E-state index in [2.05, 4.69) is 5.32 Å². The van der Waals surface area contributed by atoms with Crippen molar-refractivity contribution in [1.29, 1.82) is 0 Å². The average Bonchev–Trinajstić information content (AvgIpc) is 3.07. The van der Waals surface area contributed by atoms with Crippen molar-refractivity contribution in [3.8, 4) is 5.75 Å². The molecular formula is C21H23ClN2O3. The zero-order chi connectivity index (χ0) is 19.6. The Bertz CT molecular complexity index is 882. The number of hydrogen-bond acceptors (Lipinski definition) is 3. The second-order valence-corrected chi connectivity index (χ2v) is 7.16. The lowest BCUT2D eigenvalue weighted by atomic mass is 10.0. The first-order valence-electron chi connectivity index (χ1n) is 8.96. The maximum absolute atomic E-state index is 12.8. The zero-order valence-corrected chi connectivity index (χ0v) is 16.5. The van der Waals surface area contributed by atoms with Crippen LogP contribution in [0.3, 0.4) is 0 Å². The number of amides is 2. The van der Waals surface area contributed by atoms with Gasteiger partial charge in [0.05, 0.1) is 23.9 Å². The van der Waals surface area contributed by atoms with E-state index in [4.69, 9.17) is 16.3 Å². The molecule has 0 aliphatic carbocycles. The number of nitrogens with zero attached hydrogens (tertiary/aromatic N) is 1. The summed E-state index contributed by atoms with van der Waals surface area (Å²) in [6.07, 6.45) is 1.31. The second-order valence-electron chi connectivity index (χ2n) is 6.76. The minimum atomic E-state index is -0.236. The van der Waals surface area contributed by atoms with Gasteiger partial charge in [0.1, 0.15) is 5.75 Å². The Morgan fingerprint density at radius 3 is 2.70 bits per heavy atom. The molecule has 1 atom stereocenters. The number of rotatable bonds is 5. The van der Waals surface area contributed by atoms with E-state index in [0.717, 1.165) is 23.3 Å². The molecule has 0 unspecified atom stereocenters. The fourth-order valence-corrected chi connectivity index (χ4v) is 3.53. The number of methoxy groups -OCH3 is 1. The summed E-state index contributed by atoms with van der Waals surface area (Å²) < 4.78 is 5.41. The lowest BCUT2D eigenvalue weighted by Gasteiger charge is -2.20. The normalized spacial score (nSPS) is 15.0. The van der Waals surface area contributed by atoms with E-state index in [1.165, 1.54) is 0 Å². The molecule has 142 valence electrons. The van der Waals surface area contributed by atoms with Crippen LogP contribution in [-0.2, 0) is 4.79 Å². The fourth-order valence-electron chi connectivity index (χ4n) is 3.31. The van der Waals surface area contributed by atoms with E-state index < -0.39 is 0 Å². The quantitative estimate of drug-likeness (QED) is 0.834. The van der Waals surface area contributed by atoms with Gasteiger partial charge in [-0.1, -0.05) is 29.3 Å². The fraction of sp³-hybridized carbons (Fsp3) is 0.333. The zero-order valence-electron chi connectivity index (χ0n) is 15.7. The Morgan fingerprint density at radius 2 is 2.04 bits per heavy atom.